The lowest BCUT2D eigenvalue weighted by Gasteiger charge is -2.45. The Morgan fingerprint density at radius 1 is 0.895 bits per heavy atom. The van der Waals surface area contributed by atoms with E-state index in [1.807, 2.05) is 62.4 Å². The SMILES string of the molecule is CCN(CC)[Si](c1ccccc1)(c1ccccc1)[C@@H](/C=C/[C@H]1OC(C)(C)O[C@H]1/C=C/C(=O)OC)C(=O)OC. The van der Waals surface area contributed by atoms with E-state index in [9.17, 15) is 9.59 Å². The van der Waals surface area contributed by atoms with Gasteiger partial charge in [-0.2, -0.15) is 0 Å². The average Bonchev–Trinajstić information content (AvgIpc) is 3.24. The molecule has 1 aliphatic rings. The molecule has 0 spiro atoms. The number of carbonyl (C=O) groups is 2. The van der Waals surface area contributed by atoms with E-state index < -0.39 is 37.7 Å². The second kappa shape index (κ2) is 13.2. The molecule has 7 nitrogen and oxygen atoms in total. The molecule has 1 fully saturated rings. The van der Waals surface area contributed by atoms with Crippen molar-refractivity contribution in [2.45, 2.75) is 51.2 Å². The standard InChI is InChI=1S/C30H39NO6Si/c1-7-31(8-2)38(23-15-11-9-12-16-23,24-17-13-10-14-18-24)27(29(33)35-6)21-19-25-26(20-22-28(32)34-5)37-30(3,4)36-25/h9-22,25-27H,7-8H2,1-6H3/b21-19+,22-20+/t25-,26+,27+/m1/s1. The number of rotatable bonds is 11. The highest BCUT2D eigenvalue weighted by Gasteiger charge is 2.52. The molecule has 0 aliphatic carbocycles. The van der Waals surface area contributed by atoms with Gasteiger partial charge in [-0.05, 0) is 43.4 Å². The first-order valence-electron chi connectivity index (χ1n) is 13.0. The van der Waals surface area contributed by atoms with Crippen LogP contribution in [-0.4, -0.2) is 70.0 Å². The Bertz CT molecular complexity index is 1070. The van der Waals surface area contributed by atoms with Crippen molar-refractivity contribution in [3.63, 3.8) is 0 Å². The van der Waals surface area contributed by atoms with Gasteiger partial charge in [-0.3, -0.25) is 4.79 Å². The minimum Gasteiger partial charge on any atom is -0.469 e. The predicted molar refractivity (Wildman–Crippen MR) is 151 cm³/mol. The van der Waals surface area contributed by atoms with Gasteiger partial charge in [0.05, 0.1) is 19.8 Å². The summed E-state index contributed by atoms with van der Waals surface area (Å²) in [6, 6.07) is 20.5. The minimum atomic E-state index is -2.98. The normalized spacial score (nSPS) is 20.2. The Kier molecular flexibility index (Phi) is 10.2. The molecule has 0 N–H and O–H groups in total. The quantitative estimate of drug-likeness (QED) is 0.188. The summed E-state index contributed by atoms with van der Waals surface area (Å²) in [7, 11) is -0.223. The molecular formula is C30H39NO6Si. The summed E-state index contributed by atoms with van der Waals surface area (Å²) in [4.78, 5) is 25.4. The first-order chi connectivity index (χ1) is 18.2. The van der Waals surface area contributed by atoms with Gasteiger partial charge in [0.2, 0.25) is 8.24 Å². The first-order valence-corrected chi connectivity index (χ1v) is 15.0. The van der Waals surface area contributed by atoms with Crippen molar-refractivity contribution in [1.29, 1.82) is 0 Å². The van der Waals surface area contributed by atoms with Crippen molar-refractivity contribution in [3.05, 3.63) is 85.0 Å². The number of carbonyl (C=O) groups excluding carboxylic acids is 2. The second-order valence-corrected chi connectivity index (χ2v) is 13.4. The van der Waals surface area contributed by atoms with Gasteiger partial charge in [0.25, 0.3) is 0 Å². The largest absolute Gasteiger partial charge is 0.469 e. The van der Waals surface area contributed by atoms with Crippen molar-refractivity contribution < 1.29 is 28.5 Å². The smallest absolute Gasteiger partial charge is 0.330 e. The molecule has 3 rings (SSSR count). The highest BCUT2D eigenvalue weighted by molar-refractivity contribution is 7.03. The van der Waals surface area contributed by atoms with Crippen LogP contribution >= 0.6 is 0 Å². The molecule has 2 aromatic rings. The lowest BCUT2D eigenvalue weighted by atomic mass is 10.1. The first kappa shape index (κ1) is 29.5. The predicted octanol–water partition coefficient (Wildman–Crippen LogP) is 3.44. The maximum Gasteiger partial charge on any atom is 0.330 e. The minimum absolute atomic E-state index is 0.313. The van der Waals surface area contributed by atoms with E-state index in [2.05, 4.69) is 42.7 Å². The molecule has 0 saturated carbocycles. The molecule has 0 aromatic heterocycles. The summed E-state index contributed by atoms with van der Waals surface area (Å²) >= 11 is 0. The van der Waals surface area contributed by atoms with Gasteiger partial charge in [0.1, 0.15) is 12.2 Å². The number of hydrogen-bond acceptors (Lipinski definition) is 7. The van der Waals surface area contributed by atoms with Crippen molar-refractivity contribution >= 4 is 30.5 Å². The highest BCUT2D eigenvalue weighted by Crippen LogP contribution is 2.33. The van der Waals surface area contributed by atoms with Crippen LogP contribution in [0.25, 0.3) is 0 Å². The Morgan fingerprint density at radius 2 is 1.39 bits per heavy atom. The Labute approximate surface area is 227 Å². The summed E-state index contributed by atoms with van der Waals surface area (Å²) in [5.41, 5.74) is -0.588. The fraction of sp³-hybridized carbons (Fsp3) is 0.400. The van der Waals surface area contributed by atoms with Crippen LogP contribution in [0.5, 0.6) is 0 Å². The number of esters is 2. The van der Waals surface area contributed by atoms with Gasteiger partial charge < -0.3 is 23.5 Å². The third-order valence-electron chi connectivity index (χ3n) is 6.88. The zero-order valence-corrected chi connectivity index (χ0v) is 24.1. The summed E-state index contributed by atoms with van der Waals surface area (Å²) < 4.78 is 24.8. The maximum atomic E-state index is 13.7. The summed E-state index contributed by atoms with van der Waals surface area (Å²) in [5.74, 6) is -1.66. The zero-order valence-electron chi connectivity index (χ0n) is 23.1. The number of nitrogens with zero attached hydrogens (tertiary/aromatic N) is 1. The second-order valence-electron chi connectivity index (χ2n) is 9.50. The highest BCUT2D eigenvalue weighted by atomic mass is 28.3. The molecule has 204 valence electrons. The van der Waals surface area contributed by atoms with Crippen molar-refractivity contribution in [1.82, 2.24) is 4.57 Å². The van der Waals surface area contributed by atoms with Crippen LogP contribution in [0.15, 0.2) is 85.0 Å². The van der Waals surface area contributed by atoms with Gasteiger partial charge in [0.15, 0.2) is 5.79 Å². The van der Waals surface area contributed by atoms with E-state index in [0.717, 1.165) is 23.5 Å². The Morgan fingerprint density at radius 3 is 1.84 bits per heavy atom. The molecule has 1 aliphatic heterocycles. The molecule has 8 heteroatoms. The van der Waals surface area contributed by atoms with Gasteiger partial charge in [0, 0.05) is 6.08 Å². The van der Waals surface area contributed by atoms with Crippen molar-refractivity contribution in [2.75, 3.05) is 27.3 Å². The van der Waals surface area contributed by atoms with Crippen LogP contribution in [0.1, 0.15) is 27.7 Å². The Balaban J connectivity index is 2.20. The summed E-state index contributed by atoms with van der Waals surface area (Å²) in [5, 5.41) is 2.22. The fourth-order valence-corrected chi connectivity index (χ4v) is 10.7. The van der Waals surface area contributed by atoms with Crippen LogP contribution in [0.3, 0.4) is 0 Å². The number of methoxy groups -OCH3 is 2. The van der Waals surface area contributed by atoms with E-state index in [4.69, 9.17) is 18.9 Å². The summed E-state index contributed by atoms with van der Waals surface area (Å²) in [6.07, 6.45) is 5.71. The Hall–Kier alpha value is -3.04. The molecule has 1 heterocycles. The summed E-state index contributed by atoms with van der Waals surface area (Å²) in [6.45, 7) is 9.41. The van der Waals surface area contributed by atoms with E-state index >= 15 is 0 Å². The molecule has 3 atom stereocenters. The van der Waals surface area contributed by atoms with Crippen LogP contribution in [-0.2, 0) is 28.5 Å². The molecule has 0 radical (unpaired) electrons. The third-order valence-corrected chi connectivity index (χ3v) is 12.3. The fourth-order valence-electron chi connectivity index (χ4n) is 5.29. The van der Waals surface area contributed by atoms with Crippen LogP contribution in [0.2, 0.25) is 5.54 Å². The van der Waals surface area contributed by atoms with Crippen molar-refractivity contribution in [2.24, 2.45) is 0 Å². The molecule has 0 amide bonds. The van der Waals surface area contributed by atoms with E-state index in [-0.39, 0.29) is 5.97 Å². The number of benzene rings is 2. The van der Waals surface area contributed by atoms with E-state index in [1.54, 1.807) is 6.08 Å². The monoisotopic (exact) mass is 537 g/mol. The maximum absolute atomic E-state index is 13.7. The van der Waals surface area contributed by atoms with Crippen LogP contribution in [0, 0.1) is 0 Å². The molecule has 38 heavy (non-hydrogen) atoms. The van der Waals surface area contributed by atoms with Gasteiger partial charge in [-0.25, -0.2) is 4.79 Å². The van der Waals surface area contributed by atoms with Gasteiger partial charge in [-0.15, -0.1) is 0 Å². The van der Waals surface area contributed by atoms with E-state index in [1.165, 1.54) is 20.3 Å². The molecule has 0 unspecified atom stereocenters. The third kappa shape index (κ3) is 6.32. The molecule has 0 bridgehead atoms. The lowest BCUT2D eigenvalue weighted by Crippen LogP contribution is -2.73. The van der Waals surface area contributed by atoms with E-state index in [0.29, 0.717) is 0 Å². The van der Waals surface area contributed by atoms with Gasteiger partial charge in [-0.1, -0.05) is 86.7 Å². The molecule has 2 aromatic carbocycles. The topological polar surface area (TPSA) is 74.3 Å². The number of ether oxygens (including phenoxy) is 4. The number of hydrogen-bond donors (Lipinski definition) is 0. The lowest BCUT2D eigenvalue weighted by molar-refractivity contribution is -0.140. The van der Waals surface area contributed by atoms with Crippen LogP contribution in [0.4, 0.5) is 0 Å². The zero-order chi connectivity index (χ0) is 27.8. The van der Waals surface area contributed by atoms with Crippen LogP contribution < -0.4 is 10.4 Å². The molecular weight excluding hydrogens is 498 g/mol. The average molecular weight is 538 g/mol. The molecule has 1 saturated heterocycles. The van der Waals surface area contributed by atoms with Crippen molar-refractivity contribution in [3.8, 4) is 0 Å². The van der Waals surface area contributed by atoms with Gasteiger partial charge >= 0.3 is 11.9 Å².